The molecule has 4 aromatic rings. The largest absolute Gasteiger partial charge is 0.450 e. The van der Waals surface area contributed by atoms with Crippen LogP contribution in [0.4, 0.5) is 4.79 Å². The summed E-state index contributed by atoms with van der Waals surface area (Å²) >= 11 is 2.28. The second-order valence-electron chi connectivity index (χ2n) is 8.35. The van der Waals surface area contributed by atoms with Gasteiger partial charge in [0, 0.05) is 49.7 Å². The number of fused-ring (bicyclic) bond motifs is 1. The molecule has 0 fully saturated rings. The van der Waals surface area contributed by atoms with Crippen LogP contribution in [0, 0.1) is 17.4 Å². The Hall–Kier alpha value is -3.60. The smallest absolute Gasteiger partial charge is 0.407 e. The number of aryl methyl sites for hydroxylation is 1. The number of nitrogens with zero attached hydrogens (tertiary/aromatic N) is 2. The van der Waals surface area contributed by atoms with Crippen LogP contribution in [0.15, 0.2) is 65.9 Å². The quantitative estimate of drug-likeness (QED) is 0.152. The first-order valence-electron chi connectivity index (χ1n) is 11.6. The Kier molecular flexibility index (Phi) is 8.09. The van der Waals surface area contributed by atoms with Crippen molar-refractivity contribution in [3.8, 4) is 5.69 Å². The van der Waals surface area contributed by atoms with Gasteiger partial charge in [-0.05, 0) is 85.3 Å². The molecular weight excluding hydrogens is 569 g/mol. The maximum Gasteiger partial charge on any atom is 0.407 e. The monoisotopic (exact) mass is 597 g/mol. The predicted molar refractivity (Wildman–Crippen MR) is 150 cm³/mol. The number of aromatic nitrogens is 2. The van der Waals surface area contributed by atoms with E-state index in [1.165, 1.54) is 3.57 Å². The highest BCUT2D eigenvalue weighted by atomic mass is 127. The number of rotatable bonds is 8. The predicted octanol–water partition coefficient (Wildman–Crippen LogP) is 4.99. The number of amides is 2. The number of hydrazone groups is 1. The van der Waals surface area contributed by atoms with Crippen molar-refractivity contribution in [3.63, 3.8) is 0 Å². The number of hydrogen-bond donors (Lipinski definition) is 3. The number of carbonyl (C=O) groups excluding carboxylic acids is 2. The van der Waals surface area contributed by atoms with Gasteiger partial charge in [0.15, 0.2) is 0 Å². The minimum absolute atomic E-state index is 0.210. The third-order valence-electron chi connectivity index (χ3n) is 5.92. The standard InChI is InChI=1S/C27H28IN5O3/c1-4-36-27(35)31-25(14-20-15-29-24-8-6-5-7-23(20)24)26(34)32-30-16-19-13-17(2)33(18(19)3)22-11-9-21(28)10-12-22/h5-13,15-16,25,29H,4,14H2,1-3H3,(H,31,35)(H,32,34)/b30-16-/t25-/m1/s1. The molecule has 9 heteroatoms. The first-order chi connectivity index (χ1) is 17.4. The zero-order valence-electron chi connectivity index (χ0n) is 20.3. The molecule has 186 valence electrons. The van der Waals surface area contributed by atoms with Gasteiger partial charge >= 0.3 is 6.09 Å². The first kappa shape index (κ1) is 25.5. The molecule has 0 spiro atoms. The second kappa shape index (κ2) is 11.4. The van der Waals surface area contributed by atoms with Gasteiger partial charge in [-0.15, -0.1) is 0 Å². The van der Waals surface area contributed by atoms with Crippen LogP contribution in [0.1, 0.15) is 29.4 Å². The summed E-state index contributed by atoms with van der Waals surface area (Å²) in [6, 6.07) is 17.2. The molecule has 0 unspecified atom stereocenters. The Balaban J connectivity index is 1.50. The molecule has 0 aliphatic rings. The van der Waals surface area contributed by atoms with Crippen molar-refractivity contribution in [1.82, 2.24) is 20.3 Å². The minimum Gasteiger partial charge on any atom is -0.450 e. The molecule has 0 saturated heterocycles. The summed E-state index contributed by atoms with van der Waals surface area (Å²) < 4.78 is 8.31. The van der Waals surface area contributed by atoms with Crippen molar-refractivity contribution in [2.24, 2.45) is 5.10 Å². The summed E-state index contributed by atoms with van der Waals surface area (Å²) in [5, 5.41) is 7.84. The zero-order valence-corrected chi connectivity index (χ0v) is 22.5. The highest BCUT2D eigenvalue weighted by Crippen LogP contribution is 2.21. The molecule has 0 radical (unpaired) electrons. The van der Waals surface area contributed by atoms with Crippen LogP contribution in [-0.4, -0.2) is 40.4 Å². The summed E-state index contributed by atoms with van der Waals surface area (Å²) in [6.07, 6.45) is 3.10. The fourth-order valence-corrected chi connectivity index (χ4v) is 4.55. The maximum atomic E-state index is 13.0. The van der Waals surface area contributed by atoms with E-state index in [0.29, 0.717) is 0 Å². The second-order valence-corrected chi connectivity index (χ2v) is 9.60. The van der Waals surface area contributed by atoms with E-state index in [9.17, 15) is 9.59 Å². The van der Waals surface area contributed by atoms with E-state index in [1.807, 2.05) is 50.4 Å². The molecule has 0 aliphatic carbocycles. The molecule has 36 heavy (non-hydrogen) atoms. The topological polar surface area (TPSA) is 101 Å². The summed E-state index contributed by atoms with van der Waals surface area (Å²) in [7, 11) is 0. The van der Waals surface area contributed by atoms with Crippen LogP contribution in [0.25, 0.3) is 16.6 Å². The number of halogens is 1. The zero-order chi connectivity index (χ0) is 25.7. The molecule has 0 aliphatic heterocycles. The van der Waals surface area contributed by atoms with Crippen molar-refractivity contribution in [2.45, 2.75) is 33.2 Å². The Morgan fingerprint density at radius 1 is 1.17 bits per heavy atom. The average molecular weight is 597 g/mol. The number of hydrogen-bond acceptors (Lipinski definition) is 4. The number of benzene rings is 2. The van der Waals surface area contributed by atoms with Gasteiger partial charge in [0.25, 0.3) is 5.91 Å². The van der Waals surface area contributed by atoms with E-state index >= 15 is 0 Å². The van der Waals surface area contributed by atoms with Gasteiger partial charge in [-0.1, -0.05) is 18.2 Å². The molecule has 1 atom stereocenters. The summed E-state index contributed by atoms with van der Waals surface area (Å²) in [6.45, 7) is 5.96. The Morgan fingerprint density at radius 3 is 2.67 bits per heavy atom. The van der Waals surface area contributed by atoms with Crippen molar-refractivity contribution >= 4 is 51.7 Å². The molecular formula is C27H28IN5O3. The molecule has 2 aromatic carbocycles. The summed E-state index contributed by atoms with van der Waals surface area (Å²) in [4.78, 5) is 28.4. The van der Waals surface area contributed by atoms with E-state index in [1.54, 1.807) is 13.1 Å². The van der Waals surface area contributed by atoms with Gasteiger partial charge in [-0.25, -0.2) is 10.2 Å². The van der Waals surface area contributed by atoms with Gasteiger partial charge in [0.1, 0.15) is 6.04 Å². The number of para-hydroxylation sites is 1. The molecule has 0 saturated carbocycles. The van der Waals surface area contributed by atoms with Crippen LogP contribution in [0.2, 0.25) is 0 Å². The Bertz CT molecular complexity index is 1400. The fraction of sp³-hybridized carbons (Fsp3) is 0.222. The van der Waals surface area contributed by atoms with Gasteiger partial charge < -0.3 is 19.6 Å². The highest BCUT2D eigenvalue weighted by molar-refractivity contribution is 14.1. The fourth-order valence-electron chi connectivity index (χ4n) is 4.19. The van der Waals surface area contributed by atoms with Crippen molar-refractivity contribution < 1.29 is 14.3 Å². The van der Waals surface area contributed by atoms with E-state index in [-0.39, 0.29) is 13.0 Å². The van der Waals surface area contributed by atoms with E-state index in [4.69, 9.17) is 4.74 Å². The van der Waals surface area contributed by atoms with Crippen LogP contribution < -0.4 is 10.7 Å². The first-order valence-corrected chi connectivity index (χ1v) is 12.7. The van der Waals surface area contributed by atoms with E-state index in [2.05, 4.69) is 72.3 Å². The van der Waals surface area contributed by atoms with Gasteiger partial charge in [0.2, 0.25) is 0 Å². The Labute approximate surface area is 223 Å². The van der Waals surface area contributed by atoms with Crippen LogP contribution in [0.5, 0.6) is 0 Å². The number of nitrogens with one attached hydrogen (secondary N) is 3. The number of H-pyrrole nitrogens is 1. The average Bonchev–Trinajstić information content (AvgIpc) is 3.39. The molecule has 2 aromatic heterocycles. The minimum atomic E-state index is -0.861. The SMILES string of the molecule is CCOC(=O)N[C@H](Cc1c[nH]c2ccccc12)C(=O)N/N=C\c1cc(C)n(-c2ccc(I)cc2)c1C. The summed E-state index contributed by atoms with van der Waals surface area (Å²) in [5.74, 6) is -0.434. The molecule has 2 amide bonds. The third-order valence-corrected chi connectivity index (χ3v) is 6.64. The highest BCUT2D eigenvalue weighted by Gasteiger charge is 2.23. The normalized spacial score (nSPS) is 12.1. The maximum absolute atomic E-state index is 13.0. The number of aromatic amines is 1. The van der Waals surface area contributed by atoms with Crippen molar-refractivity contribution in [1.29, 1.82) is 0 Å². The molecule has 4 rings (SSSR count). The van der Waals surface area contributed by atoms with Crippen LogP contribution >= 0.6 is 22.6 Å². The lowest BCUT2D eigenvalue weighted by Crippen LogP contribution is -2.47. The van der Waals surface area contributed by atoms with Crippen molar-refractivity contribution in [2.75, 3.05) is 6.61 Å². The number of carbonyl (C=O) groups is 2. The van der Waals surface area contributed by atoms with Gasteiger partial charge in [0.05, 0.1) is 12.8 Å². The van der Waals surface area contributed by atoms with Crippen LogP contribution in [0.3, 0.4) is 0 Å². The van der Waals surface area contributed by atoms with Gasteiger partial charge in [-0.3, -0.25) is 4.79 Å². The molecule has 8 nitrogen and oxygen atoms in total. The number of ether oxygens (including phenoxy) is 1. The van der Waals surface area contributed by atoms with Crippen LogP contribution in [-0.2, 0) is 16.0 Å². The van der Waals surface area contributed by atoms with Gasteiger partial charge in [-0.2, -0.15) is 5.10 Å². The molecule has 2 heterocycles. The lowest BCUT2D eigenvalue weighted by molar-refractivity contribution is -0.123. The third kappa shape index (κ3) is 5.78. The van der Waals surface area contributed by atoms with E-state index < -0.39 is 18.0 Å². The lowest BCUT2D eigenvalue weighted by Gasteiger charge is -2.16. The van der Waals surface area contributed by atoms with E-state index in [0.717, 1.165) is 39.1 Å². The summed E-state index contributed by atoms with van der Waals surface area (Å²) in [5.41, 5.74) is 8.47. The molecule has 0 bridgehead atoms. The number of alkyl carbamates (subject to hydrolysis) is 1. The Morgan fingerprint density at radius 2 is 1.92 bits per heavy atom. The molecule has 3 N–H and O–H groups in total. The van der Waals surface area contributed by atoms with Crippen molar-refractivity contribution in [3.05, 3.63) is 86.9 Å². The lowest BCUT2D eigenvalue weighted by atomic mass is 10.0.